The first kappa shape index (κ1) is 11.8. The molecule has 0 bridgehead atoms. The van der Waals surface area contributed by atoms with E-state index in [1.54, 1.807) is 12.4 Å². The zero-order valence-electron chi connectivity index (χ0n) is 11.0. The number of pyridine rings is 1. The maximum absolute atomic E-state index is 6.00. The number of fused-ring (bicyclic) bond motifs is 1. The summed E-state index contributed by atoms with van der Waals surface area (Å²) in [5, 5.41) is 7.10. The van der Waals surface area contributed by atoms with Crippen molar-refractivity contribution in [3.05, 3.63) is 42.7 Å². The summed E-state index contributed by atoms with van der Waals surface area (Å²) < 4.78 is 10.7. The van der Waals surface area contributed by atoms with Gasteiger partial charge in [0.25, 0.3) is 0 Å². The molecule has 1 aromatic carbocycles. The zero-order chi connectivity index (χ0) is 14.2. The van der Waals surface area contributed by atoms with Crippen molar-refractivity contribution in [1.29, 1.82) is 0 Å². The summed E-state index contributed by atoms with van der Waals surface area (Å²) in [7, 11) is 0. The van der Waals surface area contributed by atoms with Crippen LogP contribution in [0, 0.1) is 0 Å². The molecule has 6 heteroatoms. The third-order valence-corrected chi connectivity index (χ3v) is 3.41. The second kappa shape index (κ2) is 4.52. The number of aromatic nitrogens is 3. The standard InChI is InChI=1S/C15H12N4O2/c16-15-13(10-2-1-5-17-7-10)14(18-19-15)9-3-4-11-12(6-9)21-8-20-11/h1-7H,8H2,(H3,16,18,19). The van der Waals surface area contributed by atoms with Crippen LogP contribution in [0.1, 0.15) is 0 Å². The number of aromatic amines is 1. The van der Waals surface area contributed by atoms with Gasteiger partial charge in [-0.2, -0.15) is 5.10 Å². The van der Waals surface area contributed by atoms with Crippen molar-refractivity contribution >= 4 is 5.82 Å². The highest BCUT2D eigenvalue weighted by Crippen LogP contribution is 2.39. The molecule has 3 aromatic rings. The first-order valence-electron chi connectivity index (χ1n) is 6.47. The van der Waals surface area contributed by atoms with Crippen molar-refractivity contribution in [2.45, 2.75) is 0 Å². The molecule has 6 nitrogen and oxygen atoms in total. The summed E-state index contributed by atoms with van der Waals surface area (Å²) in [6.07, 6.45) is 3.48. The van der Waals surface area contributed by atoms with Crippen LogP contribution in [0.25, 0.3) is 22.4 Å². The van der Waals surface area contributed by atoms with Crippen LogP contribution in [0.5, 0.6) is 11.5 Å². The van der Waals surface area contributed by atoms with E-state index in [-0.39, 0.29) is 6.79 Å². The van der Waals surface area contributed by atoms with Gasteiger partial charge in [0, 0.05) is 23.5 Å². The minimum Gasteiger partial charge on any atom is -0.454 e. The lowest BCUT2D eigenvalue weighted by Crippen LogP contribution is -1.92. The maximum Gasteiger partial charge on any atom is 0.231 e. The fourth-order valence-electron chi connectivity index (χ4n) is 2.42. The van der Waals surface area contributed by atoms with Crippen molar-refractivity contribution in [2.24, 2.45) is 0 Å². The monoisotopic (exact) mass is 280 g/mol. The van der Waals surface area contributed by atoms with E-state index < -0.39 is 0 Å². The average Bonchev–Trinajstić information content (AvgIpc) is 3.13. The summed E-state index contributed by atoms with van der Waals surface area (Å²) in [6, 6.07) is 9.55. The van der Waals surface area contributed by atoms with Gasteiger partial charge in [0.15, 0.2) is 17.3 Å². The second-order valence-corrected chi connectivity index (χ2v) is 4.67. The molecule has 104 valence electrons. The van der Waals surface area contributed by atoms with Gasteiger partial charge in [-0.1, -0.05) is 6.07 Å². The van der Waals surface area contributed by atoms with Gasteiger partial charge in [0.1, 0.15) is 0 Å². The number of benzene rings is 1. The summed E-state index contributed by atoms with van der Waals surface area (Å²) in [6.45, 7) is 0.249. The Labute approximate surface area is 120 Å². The van der Waals surface area contributed by atoms with Crippen LogP contribution in [0.4, 0.5) is 5.82 Å². The van der Waals surface area contributed by atoms with Gasteiger partial charge in [0.05, 0.1) is 11.3 Å². The number of nitrogens with two attached hydrogens (primary N) is 1. The van der Waals surface area contributed by atoms with Crippen LogP contribution < -0.4 is 15.2 Å². The quantitative estimate of drug-likeness (QED) is 0.753. The van der Waals surface area contributed by atoms with Crippen molar-refractivity contribution < 1.29 is 9.47 Å². The van der Waals surface area contributed by atoms with Crippen LogP contribution in [0.15, 0.2) is 42.7 Å². The van der Waals surface area contributed by atoms with E-state index in [9.17, 15) is 0 Å². The normalized spacial score (nSPS) is 12.6. The summed E-state index contributed by atoms with van der Waals surface area (Å²) in [5.41, 5.74) is 9.51. The molecule has 0 amide bonds. The largest absolute Gasteiger partial charge is 0.454 e. The van der Waals surface area contributed by atoms with Crippen LogP contribution >= 0.6 is 0 Å². The van der Waals surface area contributed by atoms with E-state index in [1.165, 1.54) is 0 Å². The van der Waals surface area contributed by atoms with E-state index in [4.69, 9.17) is 15.2 Å². The van der Waals surface area contributed by atoms with Gasteiger partial charge in [-0.15, -0.1) is 0 Å². The molecule has 4 rings (SSSR count). The first-order valence-corrected chi connectivity index (χ1v) is 6.47. The number of ether oxygens (including phenoxy) is 2. The Morgan fingerprint density at radius 1 is 1.10 bits per heavy atom. The summed E-state index contributed by atoms with van der Waals surface area (Å²) in [5.74, 6) is 1.91. The van der Waals surface area contributed by atoms with Crippen molar-refractivity contribution in [3.8, 4) is 33.9 Å². The molecule has 0 saturated heterocycles. The lowest BCUT2D eigenvalue weighted by Gasteiger charge is -2.05. The first-order chi connectivity index (χ1) is 10.3. The number of H-pyrrole nitrogens is 1. The number of rotatable bonds is 2. The maximum atomic E-state index is 6.00. The van der Waals surface area contributed by atoms with Gasteiger partial charge in [0.2, 0.25) is 6.79 Å². The Kier molecular flexibility index (Phi) is 2.53. The predicted molar refractivity (Wildman–Crippen MR) is 77.8 cm³/mol. The molecule has 3 N–H and O–H groups in total. The Balaban J connectivity index is 1.87. The summed E-state index contributed by atoms with van der Waals surface area (Å²) >= 11 is 0. The molecule has 0 saturated carbocycles. The predicted octanol–water partition coefficient (Wildman–Crippen LogP) is 2.45. The smallest absolute Gasteiger partial charge is 0.231 e. The van der Waals surface area contributed by atoms with Crippen molar-refractivity contribution in [2.75, 3.05) is 12.5 Å². The Hall–Kier alpha value is -3.02. The molecule has 21 heavy (non-hydrogen) atoms. The third-order valence-electron chi connectivity index (χ3n) is 3.41. The molecule has 0 radical (unpaired) electrons. The fourth-order valence-corrected chi connectivity index (χ4v) is 2.42. The Morgan fingerprint density at radius 3 is 2.86 bits per heavy atom. The Morgan fingerprint density at radius 2 is 2.00 bits per heavy atom. The minimum absolute atomic E-state index is 0.249. The van der Waals surface area contributed by atoms with Crippen LogP contribution in [0.2, 0.25) is 0 Å². The molecule has 1 aliphatic rings. The SMILES string of the molecule is Nc1n[nH]c(-c2ccc3c(c2)OCO3)c1-c1cccnc1. The van der Waals surface area contributed by atoms with E-state index in [2.05, 4.69) is 15.2 Å². The van der Waals surface area contributed by atoms with Gasteiger partial charge >= 0.3 is 0 Å². The third kappa shape index (κ3) is 1.88. The number of nitrogens with one attached hydrogen (secondary N) is 1. The highest BCUT2D eigenvalue weighted by molar-refractivity contribution is 5.88. The minimum atomic E-state index is 0.249. The van der Waals surface area contributed by atoms with Crippen LogP contribution in [-0.4, -0.2) is 22.0 Å². The van der Waals surface area contributed by atoms with Gasteiger partial charge in [-0.3, -0.25) is 10.1 Å². The van der Waals surface area contributed by atoms with Gasteiger partial charge < -0.3 is 15.2 Å². The lowest BCUT2D eigenvalue weighted by atomic mass is 10.0. The number of hydrogen-bond acceptors (Lipinski definition) is 5. The molecular formula is C15H12N4O2. The van der Waals surface area contributed by atoms with Gasteiger partial charge in [-0.25, -0.2) is 0 Å². The highest BCUT2D eigenvalue weighted by Gasteiger charge is 2.18. The summed E-state index contributed by atoms with van der Waals surface area (Å²) in [4.78, 5) is 4.13. The zero-order valence-corrected chi connectivity index (χ0v) is 11.0. The van der Waals surface area contributed by atoms with Crippen molar-refractivity contribution in [3.63, 3.8) is 0 Å². The molecule has 0 spiro atoms. The average molecular weight is 280 g/mol. The molecule has 1 aliphatic heterocycles. The topological polar surface area (TPSA) is 86.0 Å². The molecule has 3 heterocycles. The number of anilines is 1. The number of nitrogen functional groups attached to an aromatic ring is 1. The number of nitrogens with zero attached hydrogens (tertiary/aromatic N) is 2. The molecule has 0 atom stereocenters. The van der Waals surface area contributed by atoms with E-state index in [1.807, 2.05) is 30.3 Å². The fraction of sp³-hybridized carbons (Fsp3) is 0.0667. The Bertz CT molecular complexity index is 799. The van der Waals surface area contributed by atoms with Crippen LogP contribution in [0.3, 0.4) is 0 Å². The number of hydrogen-bond donors (Lipinski definition) is 2. The highest BCUT2D eigenvalue weighted by atomic mass is 16.7. The second-order valence-electron chi connectivity index (χ2n) is 4.67. The van der Waals surface area contributed by atoms with Crippen LogP contribution in [-0.2, 0) is 0 Å². The lowest BCUT2D eigenvalue weighted by molar-refractivity contribution is 0.174. The molecule has 2 aromatic heterocycles. The molecule has 0 aliphatic carbocycles. The molecule has 0 unspecified atom stereocenters. The molecule has 0 fully saturated rings. The van der Waals surface area contributed by atoms with E-state index in [0.29, 0.717) is 5.82 Å². The van der Waals surface area contributed by atoms with Crippen molar-refractivity contribution in [1.82, 2.24) is 15.2 Å². The van der Waals surface area contributed by atoms with E-state index >= 15 is 0 Å². The van der Waals surface area contributed by atoms with Gasteiger partial charge in [-0.05, 0) is 24.3 Å². The van der Waals surface area contributed by atoms with E-state index in [0.717, 1.165) is 33.9 Å². The molecular weight excluding hydrogens is 268 g/mol.